The normalized spacial score (nSPS) is 28.8. The highest BCUT2D eigenvalue weighted by atomic mass is 16.3. The molecule has 0 radical (unpaired) electrons. The van der Waals surface area contributed by atoms with E-state index in [1.165, 1.54) is 0 Å². The van der Waals surface area contributed by atoms with E-state index in [0.717, 1.165) is 38.9 Å². The number of piperidine rings is 2. The average molecular weight is 254 g/mol. The monoisotopic (exact) mass is 254 g/mol. The molecule has 2 aliphatic heterocycles. The number of nitrogens with zero attached hydrogens (tertiary/aromatic N) is 2. The van der Waals surface area contributed by atoms with Gasteiger partial charge in [0.05, 0.1) is 12.5 Å². The van der Waals surface area contributed by atoms with Gasteiger partial charge in [0.1, 0.15) is 0 Å². The van der Waals surface area contributed by atoms with E-state index in [0.29, 0.717) is 12.5 Å². The van der Waals surface area contributed by atoms with E-state index >= 15 is 0 Å². The van der Waals surface area contributed by atoms with Crippen LogP contribution >= 0.6 is 0 Å². The van der Waals surface area contributed by atoms with Crippen molar-refractivity contribution in [2.24, 2.45) is 0 Å². The van der Waals surface area contributed by atoms with E-state index in [4.69, 9.17) is 0 Å². The molecule has 1 unspecified atom stereocenters. The third-order valence-electron chi connectivity index (χ3n) is 4.29. The molecule has 4 nitrogen and oxygen atoms in total. The summed E-state index contributed by atoms with van der Waals surface area (Å²) in [6, 6.07) is 0.392. The Morgan fingerprint density at radius 3 is 2.22 bits per heavy atom. The zero-order valence-electron chi connectivity index (χ0n) is 11.9. The second kappa shape index (κ2) is 5.17. The zero-order valence-corrected chi connectivity index (χ0v) is 11.9. The first kappa shape index (κ1) is 13.8. The van der Waals surface area contributed by atoms with Crippen LogP contribution < -0.4 is 0 Å². The molecule has 2 heterocycles. The van der Waals surface area contributed by atoms with Crippen LogP contribution in [0.2, 0.25) is 0 Å². The van der Waals surface area contributed by atoms with Gasteiger partial charge in [0.15, 0.2) is 0 Å². The molecule has 0 aliphatic carbocycles. The van der Waals surface area contributed by atoms with Crippen LogP contribution in [-0.2, 0) is 4.79 Å². The van der Waals surface area contributed by atoms with Crippen molar-refractivity contribution in [1.29, 1.82) is 0 Å². The van der Waals surface area contributed by atoms with Crippen LogP contribution in [0.1, 0.15) is 46.5 Å². The molecule has 1 amide bonds. The van der Waals surface area contributed by atoms with Gasteiger partial charge in [-0.2, -0.15) is 0 Å². The van der Waals surface area contributed by atoms with Crippen LogP contribution in [-0.4, -0.2) is 58.1 Å². The maximum atomic E-state index is 11.9. The SMILES string of the molecule is CC(C)(C)N1CCC(N2CCC(O)CC2=O)CC1. The van der Waals surface area contributed by atoms with Gasteiger partial charge in [-0.15, -0.1) is 0 Å². The molecule has 0 spiro atoms. The molecular weight excluding hydrogens is 228 g/mol. The molecule has 1 N–H and O–H groups in total. The van der Waals surface area contributed by atoms with Gasteiger partial charge in [0.2, 0.25) is 5.91 Å². The Balaban J connectivity index is 1.88. The number of aliphatic hydroxyl groups excluding tert-OH is 1. The van der Waals surface area contributed by atoms with Crippen molar-refractivity contribution >= 4 is 5.91 Å². The van der Waals surface area contributed by atoms with E-state index in [1.54, 1.807) is 0 Å². The van der Waals surface area contributed by atoms with Crippen molar-refractivity contribution in [3.8, 4) is 0 Å². The first-order valence-electron chi connectivity index (χ1n) is 7.10. The van der Waals surface area contributed by atoms with Crippen LogP contribution in [0.15, 0.2) is 0 Å². The third-order valence-corrected chi connectivity index (χ3v) is 4.29. The van der Waals surface area contributed by atoms with Crippen LogP contribution in [0.5, 0.6) is 0 Å². The summed E-state index contributed by atoms with van der Waals surface area (Å²) in [5.74, 6) is 0.142. The number of carbonyl (C=O) groups excluding carboxylic acids is 1. The maximum absolute atomic E-state index is 11.9. The molecular formula is C14H26N2O2. The molecule has 1 atom stereocenters. The van der Waals surface area contributed by atoms with Gasteiger partial charge in [0.25, 0.3) is 0 Å². The fourth-order valence-corrected chi connectivity index (χ4v) is 3.07. The minimum atomic E-state index is -0.414. The highest BCUT2D eigenvalue weighted by molar-refractivity contribution is 5.77. The Kier molecular flexibility index (Phi) is 3.97. The molecule has 0 aromatic rings. The van der Waals surface area contributed by atoms with Crippen molar-refractivity contribution in [2.45, 2.75) is 64.1 Å². The van der Waals surface area contributed by atoms with Crippen molar-refractivity contribution in [1.82, 2.24) is 9.80 Å². The van der Waals surface area contributed by atoms with Crippen molar-refractivity contribution in [2.75, 3.05) is 19.6 Å². The maximum Gasteiger partial charge on any atom is 0.225 e. The minimum absolute atomic E-state index is 0.142. The largest absolute Gasteiger partial charge is 0.393 e. The van der Waals surface area contributed by atoms with E-state index < -0.39 is 6.10 Å². The number of likely N-dealkylation sites (tertiary alicyclic amines) is 2. The number of hydrogen-bond acceptors (Lipinski definition) is 3. The lowest BCUT2D eigenvalue weighted by atomic mass is 9.95. The molecule has 2 aliphatic rings. The Morgan fingerprint density at radius 1 is 1.11 bits per heavy atom. The van der Waals surface area contributed by atoms with Crippen LogP contribution in [0, 0.1) is 0 Å². The average Bonchev–Trinajstić information content (AvgIpc) is 2.28. The molecule has 18 heavy (non-hydrogen) atoms. The lowest BCUT2D eigenvalue weighted by Gasteiger charge is -2.45. The summed E-state index contributed by atoms with van der Waals surface area (Å²) in [6.07, 6.45) is 2.78. The van der Waals surface area contributed by atoms with E-state index in [9.17, 15) is 9.90 Å². The fraction of sp³-hybridized carbons (Fsp3) is 0.929. The summed E-state index contributed by atoms with van der Waals surface area (Å²) < 4.78 is 0. The third kappa shape index (κ3) is 3.04. The molecule has 2 fully saturated rings. The highest BCUT2D eigenvalue weighted by Gasteiger charge is 2.34. The molecule has 0 bridgehead atoms. The Morgan fingerprint density at radius 2 is 1.72 bits per heavy atom. The number of aliphatic hydroxyl groups is 1. The summed E-state index contributed by atoms with van der Waals surface area (Å²) >= 11 is 0. The summed E-state index contributed by atoms with van der Waals surface area (Å²) in [6.45, 7) is 9.61. The molecule has 4 heteroatoms. The molecule has 0 saturated carbocycles. The lowest BCUT2D eigenvalue weighted by molar-refractivity contribution is -0.141. The van der Waals surface area contributed by atoms with Crippen LogP contribution in [0.3, 0.4) is 0 Å². The summed E-state index contributed by atoms with van der Waals surface area (Å²) in [5, 5.41) is 9.49. The lowest BCUT2D eigenvalue weighted by Crippen LogP contribution is -2.54. The predicted molar refractivity (Wildman–Crippen MR) is 71.3 cm³/mol. The molecule has 2 rings (SSSR count). The topological polar surface area (TPSA) is 43.8 Å². The van der Waals surface area contributed by atoms with Gasteiger partial charge in [-0.3, -0.25) is 9.69 Å². The van der Waals surface area contributed by atoms with Crippen LogP contribution in [0.25, 0.3) is 0 Å². The zero-order chi connectivity index (χ0) is 13.3. The van der Waals surface area contributed by atoms with Crippen LogP contribution in [0.4, 0.5) is 0 Å². The summed E-state index contributed by atoms with van der Waals surface area (Å²) in [7, 11) is 0. The van der Waals surface area contributed by atoms with Crippen molar-refractivity contribution < 1.29 is 9.90 Å². The van der Waals surface area contributed by atoms with Crippen molar-refractivity contribution in [3.05, 3.63) is 0 Å². The molecule has 0 aromatic carbocycles. The highest BCUT2D eigenvalue weighted by Crippen LogP contribution is 2.25. The van der Waals surface area contributed by atoms with E-state index in [-0.39, 0.29) is 11.4 Å². The predicted octanol–water partition coefficient (Wildman–Crippen LogP) is 1.23. The second-order valence-electron chi connectivity index (χ2n) is 6.62. The Hall–Kier alpha value is -0.610. The Labute approximate surface area is 110 Å². The van der Waals surface area contributed by atoms with Crippen molar-refractivity contribution in [3.63, 3.8) is 0 Å². The number of rotatable bonds is 1. The van der Waals surface area contributed by atoms with E-state index in [1.807, 2.05) is 4.90 Å². The fourth-order valence-electron chi connectivity index (χ4n) is 3.07. The van der Waals surface area contributed by atoms with Gasteiger partial charge in [0, 0.05) is 31.2 Å². The molecule has 0 aromatic heterocycles. The second-order valence-corrected chi connectivity index (χ2v) is 6.62. The quantitative estimate of drug-likeness (QED) is 0.765. The van der Waals surface area contributed by atoms with Gasteiger partial charge in [-0.1, -0.05) is 0 Å². The van der Waals surface area contributed by atoms with Gasteiger partial charge in [-0.05, 0) is 40.0 Å². The first-order chi connectivity index (χ1) is 8.38. The summed E-state index contributed by atoms with van der Waals surface area (Å²) in [5.41, 5.74) is 0.229. The molecule has 104 valence electrons. The number of carbonyl (C=O) groups is 1. The molecule has 2 saturated heterocycles. The smallest absolute Gasteiger partial charge is 0.225 e. The first-order valence-corrected chi connectivity index (χ1v) is 7.10. The Bertz CT molecular complexity index is 303. The van der Waals surface area contributed by atoms with Gasteiger partial charge in [-0.25, -0.2) is 0 Å². The standard InChI is InChI=1S/C14H26N2O2/c1-14(2,3)15-7-4-11(5-8-15)16-9-6-12(17)10-13(16)18/h11-12,17H,4-10H2,1-3H3. The van der Waals surface area contributed by atoms with Gasteiger partial charge >= 0.3 is 0 Å². The van der Waals surface area contributed by atoms with Gasteiger partial charge < -0.3 is 10.0 Å². The minimum Gasteiger partial charge on any atom is -0.393 e. The number of amides is 1. The summed E-state index contributed by atoms with van der Waals surface area (Å²) in [4.78, 5) is 16.4. The number of hydrogen-bond donors (Lipinski definition) is 1. The van der Waals surface area contributed by atoms with E-state index in [2.05, 4.69) is 25.7 Å².